The highest BCUT2D eigenvalue weighted by molar-refractivity contribution is 6.30. The van der Waals surface area contributed by atoms with Crippen molar-refractivity contribution in [2.45, 2.75) is 12.5 Å². The molecule has 90 valence electrons. The number of hydrogen-bond donors (Lipinski definition) is 2. The Kier molecular flexibility index (Phi) is 4.86. The van der Waals surface area contributed by atoms with Gasteiger partial charge in [0.1, 0.15) is 0 Å². The third kappa shape index (κ3) is 2.78. The van der Waals surface area contributed by atoms with Crippen molar-refractivity contribution in [3.8, 4) is 11.5 Å². The van der Waals surface area contributed by atoms with E-state index in [0.717, 1.165) is 0 Å². The first-order chi connectivity index (χ1) is 7.63. The van der Waals surface area contributed by atoms with E-state index in [0.29, 0.717) is 22.1 Å². The van der Waals surface area contributed by atoms with Gasteiger partial charge in [-0.15, -0.1) is 0 Å². The molecular formula is C11H15ClO4. The lowest BCUT2D eigenvalue weighted by molar-refractivity contribution is 0.131. The van der Waals surface area contributed by atoms with Crippen LogP contribution in [-0.4, -0.2) is 31.0 Å². The van der Waals surface area contributed by atoms with Gasteiger partial charge in [-0.05, 0) is 6.07 Å². The maximum Gasteiger partial charge on any atom is 0.166 e. The zero-order valence-corrected chi connectivity index (χ0v) is 9.99. The Morgan fingerprint density at radius 2 is 2.00 bits per heavy atom. The van der Waals surface area contributed by atoms with Crippen LogP contribution in [0.5, 0.6) is 11.5 Å². The standard InChI is InChI=1S/C11H15ClO4/c1-15-10-6-7(12)5-8(11(10)16-2)9(14)3-4-13/h5-6,9,13-14H,3-4H2,1-2H3. The van der Waals surface area contributed by atoms with Crippen molar-refractivity contribution in [2.24, 2.45) is 0 Å². The molecule has 0 fully saturated rings. The summed E-state index contributed by atoms with van der Waals surface area (Å²) in [6.07, 6.45) is -0.604. The molecule has 0 aliphatic heterocycles. The second kappa shape index (κ2) is 5.94. The van der Waals surface area contributed by atoms with E-state index in [1.165, 1.54) is 14.2 Å². The molecule has 1 aromatic rings. The molecule has 0 amide bonds. The van der Waals surface area contributed by atoms with Crippen LogP contribution >= 0.6 is 11.6 Å². The number of methoxy groups -OCH3 is 2. The molecule has 1 atom stereocenters. The zero-order chi connectivity index (χ0) is 12.1. The van der Waals surface area contributed by atoms with Gasteiger partial charge < -0.3 is 19.7 Å². The van der Waals surface area contributed by atoms with Crippen molar-refractivity contribution in [2.75, 3.05) is 20.8 Å². The second-order valence-corrected chi connectivity index (χ2v) is 3.70. The lowest BCUT2D eigenvalue weighted by Gasteiger charge is -2.17. The van der Waals surface area contributed by atoms with Crippen LogP contribution in [0, 0.1) is 0 Å². The molecule has 0 aliphatic carbocycles. The second-order valence-electron chi connectivity index (χ2n) is 3.26. The number of aliphatic hydroxyl groups excluding tert-OH is 2. The quantitative estimate of drug-likeness (QED) is 0.832. The van der Waals surface area contributed by atoms with Crippen molar-refractivity contribution >= 4 is 11.6 Å². The number of ether oxygens (including phenoxy) is 2. The Labute approximate surface area is 99.4 Å². The van der Waals surface area contributed by atoms with Crippen LogP contribution < -0.4 is 9.47 Å². The predicted octanol–water partition coefficient (Wildman–Crippen LogP) is 1.77. The third-order valence-electron chi connectivity index (χ3n) is 2.23. The number of halogens is 1. The first kappa shape index (κ1) is 13.1. The van der Waals surface area contributed by atoms with Gasteiger partial charge in [0.15, 0.2) is 11.5 Å². The summed E-state index contributed by atoms with van der Waals surface area (Å²) in [6, 6.07) is 3.21. The summed E-state index contributed by atoms with van der Waals surface area (Å²) in [5.41, 5.74) is 0.515. The van der Waals surface area contributed by atoms with Gasteiger partial charge in [0.2, 0.25) is 0 Å². The van der Waals surface area contributed by atoms with Crippen LogP contribution in [0.2, 0.25) is 5.02 Å². The molecule has 1 aromatic carbocycles. The molecule has 0 saturated carbocycles. The molecule has 1 rings (SSSR count). The van der Waals surface area contributed by atoms with Crippen molar-refractivity contribution in [3.05, 3.63) is 22.7 Å². The normalized spacial score (nSPS) is 12.3. The van der Waals surface area contributed by atoms with Gasteiger partial charge in [-0.3, -0.25) is 0 Å². The van der Waals surface area contributed by atoms with Crippen molar-refractivity contribution in [3.63, 3.8) is 0 Å². The number of hydrogen-bond acceptors (Lipinski definition) is 4. The highest BCUT2D eigenvalue weighted by Crippen LogP contribution is 2.38. The average molecular weight is 247 g/mol. The Balaban J connectivity index is 3.19. The summed E-state index contributed by atoms with van der Waals surface area (Å²) in [5.74, 6) is 0.898. The van der Waals surface area contributed by atoms with Gasteiger partial charge in [0, 0.05) is 29.7 Å². The lowest BCUT2D eigenvalue weighted by atomic mass is 10.1. The van der Waals surface area contributed by atoms with E-state index in [2.05, 4.69) is 0 Å². The lowest BCUT2D eigenvalue weighted by Crippen LogP contribution is -2.04. The van der Waals surface area contributed by atoms with Gasteiger partial charge in [0.25, 0.3) is 0 Å². The minimum atomic E-state index is -0.826. The van der Waals surface area contributed by atoms with E-state index in [1.807, 2.05) is 0 Å². The molecular weight excluding hydrogens is 232 g/mol. The largest absolute Gasteiger partial charge is 0.493 e. The smallest absolute Gasteiger partial charge is 0.166 e. The van der Waals surface area contributed by atoms with E-state index in [-0.39, 0.29) is 13.0 Å². The molecule has 0 radical (unpaired) electrons. The molecule has 0 bridgehead atoms. The SMILES string of the molecule is COc1cc(Cl)cc(C(O)CCO)c1OC. The minimum Gasteiger partial charge on any atom is -0.493 e. The zero-order valence-electron chi connectivity index (χ0n) is 9.24. The van der Waals surface area contributed by atoms with E-state index in [1.54, 1.807) is 12.1 Å². The summed E-state index contributed by atoms with van der Waals surface area (Å²) in [5, 5.41) is 19.1. The van der Waals surface area contributed by atoms with Crippen LogP contribution in [0.25, 0.3) is 0 Å². The Hall–Kier alpha value is -0.970. The molecule has 0 heterocycles. The van der Waals surface area contributed by atoms with Gasteiger partial charge in [-0.2, -0.15) is 0 Å². The molecule has 1 unspecified atom stereocenters. The molecule has 0 saturated heterocycles. The predicted molar refractivity (Wildman–Crippen MR) is 61.2 cm³/mol. The van der Waals surface area contributed by atoms with Crippen LogP contribution in [0.15, 0.2) is 12.1 Å². The monoisotopic (exact) mass is 246 g/mol. The number of benzene rings is 1. The highest BCUT2D eigenvalue weighted by Gasteiger charge is 2.18. The van der Waals surface area contributed by atoms with Crippen molar-refractivity contribution in [1.82, 2.24) is 0 Å². The summed E-state index contributed by atoms with van der Waals surface area (Å²) in [6.45, 7) is -0.112. The molecule has 4 nitrogen and oxygen atoms in total. The molecule has 0 aromatic heterocycles. The fourth-order valence-corrected chi connectivity index (χ4v) is 1.70. The summed E-state index contributed by atoms with van der Waals surface area (Å²) in [7, 11) is 2.98. The molecule has 0 spiro atoms. The first-order valence-corrected chi connectivity index (χ1v) is 5.22. The fraction of sp³-hybridized carbons (Fsp3) is 0.455. The Morgan fingerprint density at radius 3 is 2.50 bits per heavy atom. The van der Waals surface area contributed by atoms with Crippen LogP contribution in [0.4, 0.5) is 0 Å². The van der Waals surface area contributed by atoms with E-state index < -0.39 is 6.10 Å². The van der Waals surface area contributed by atoms with E-state index in [9.17, 15) is 5.11 Å². The van der Waals surface area contributed by atoms with Crippen LogP contribution in [0.3, 0.4) is 0 Å². The number of rotatable bonds is 5. The van der Waals surface area contributed by atoms with Crippen molar-refractivity contribution < 1.29 is 19.7 Å². The fourth-order valence-electron chi connectivity index (χ4n) is 1.48. The topological polar surface area (TPSA) is 58.9 Å². The van der Waals surface area contributed by atoms with Gasteiger partial charge >= 0.3 is 0 Å². The molecule has 0 aliphatic rings. The average Bonchev–Trinajstić information content (AvgIpc) is 2.28. The summed E-state index contributed by atoms with van der Waals surface area (Å²) in [4.78, 5) is 0. The number of aliphatic hydroxyl groups is 2. The molecule has 16 heavy (non-hydrogen) atoms. The summed E-state index contributed by atoms with van der Waals surface area (Å²) < 4.78 is 10.3. The van der Waals surface area contributed by atoms with Crippen molar-refractivity contribution in [1.29, 1.82) is 0 Å². The van der Waals surface area contributed by atoms with E-state index in [4.69, 9.17) is 26.2 Å². The minimum absolute atomic E-state index is 0.112. The Morgan fingerprint density at radius 1 is 1.31 bits per heavy atom. The van der Waals surface area contributed by atoms with Gasteiger partial charge in [-0.1, -0.05) is 11.6 Å². The molecule has 5 heteroatoms. The van der Waals surface area contributed by atoms with Crippen LogP contribution in [0.1, 0.15) is 18.1 Å². The highest BCUT2D eigenvalue weighted by atomic mass is 35.5. The Bertz CT molecular complexity index is 354. The first-order valence-electron chi connectivity index (χ1n) is 4.84. The van der Waals surface area contributed by atoms with Gasteiger partial charge in [-0.25, -0.2) is 0 Å². The maximum absolute atomic E-state index is 9.82. The van der Waals surface area contributed by atoms with Gasteiger partial charge in [0.05, 0.1) is 20.3 Å². The van der Waals surface area contributed by atoms with E-state index >= 15 is 0 Å². The van der Waals surface area contributed by atoms with Crippen LogP contribution in [-0.2, 0) is 0 Å². The third-order valence-corrected chi connectivity index (χ3v) is 2.45. The summed E-state index contributed by atoms with van der Waals surface area (Å²) >= 11 is 5.89. The maximum atomic E-state index is 9.82. The molecule has 2 N–H and O–H groups in total.